The third-order valence-electron chi connectivity index (χ3n) is 4.42. The molecule has 1 N–H and O–H groups in total. The minimum atomic E-state index is -0.237. The molecule has 1 aliphatic heterocycles. The Morgan fingerprint density at radius 3 is 2.62 bits per heavy atom. The van der Waals surface area contributed by atoms with E-state index in [4.69, 9.17) is 0 Å². The zero-order chi connectivity index (χ0) is 16.8. The van der Waals surface area contributed by atoms with E-state index in [1.165, 1.54) is 25.0 Å². The van der Waals surface area contributed by atoms with Gasteiger partial charge in [0.2, 0.25) is 5.91 Å². The number of likely N-dealkylation sites (tertiary alicyclic amines) is 1. The van der Waals surface area contributed by atoms with Crippen LogP contribution in [0.25, 0.3) is 0 Å². The summed E-state index contributed by atoms with van der Waals surface area (Å²) in [6.07, 6.45) is 6.06. The number of rotatable bonds is 6. The predicted octanol–water partition coefficient (Wildman–Crippen LogP) is 2.72. The number of carbonyl (C=O) groups excluding carboxylic acids is 1. The first-order valence-electron chi connectivity index (χ1n) is 8.37. The third kappa shape index (κ3) is 4.38. The van der Waals surface area contributed by atoms with Gasteiger partial charge in [0.15, 0.2) is 0 Å². The number of pyridine rings is 1. The number of benzene rings is 1. The number of halogens is 1. The number of hydrogen-bond donors (Lipinski definition) is 1. The van der Waals surface area contributed by atoms with E-state index < -0.39 is 0 Å². The van der Waals surface area contributed by atoms with Gasteiger partial charge in [-0.1, -0.05) is 18.2 Å². The molecule has 0 bridgehead atoms. The van der Waals surface area contributed by atoms with Crippen LogP contribution in [0, 0.1) is 5.82 Å². The molecule has 2 aromatic rings. The van der Waals surface area contributed by atoms with Crippen molar-refractivity contribution in [2.24, 2.45) is 0 Å². The van der Waals surface area contributed by atoms with Crippen molar-refractivity contribution in [3.05, 3.63) is 65.7 Å². The van der Waals surface area contributed by atoms with Crippen LogP contribution in [-0.2, 0) is 11.2 Å². The molecule has 2 heterocycles. The molecule has 1 atom stereocenters. The van der Waals surface area contributed by atoms with Gasteiger partial charge in [0.1, 0.15) is 5.82 Å². The summed E-state index contributed by atoms with van der Waals surface area (Å²) in [5.41, 5.74) is 1.94. The highest BCUT2D eigenvalue weighted by Gasteiger charge is 2.24. The Balaban J connectivity index is 1.63. The Kier molecular flexibility index (Phi) is 5.54. The van der Waals surface area contributed by atoms with Gasteiger partial charge in [-0.2, -0.15) is 0 Å². The van der Waals surface area contributed by atoms with Crippen LogP contribution in [0.3, 0.4) is 0 Å². The lowest BCUT2D eigenvalue weighted by Crippen LogP contribution is -2.37. The maximum Gasteiger partial charge on any atom is 0.224 e. The quantitative estimate of drug-likeness (QED) is 0.887. The van der Waals surface area contributed by atoms with E-state index in [0.717, 1.165) is 24.2 Å². The van der Waals surface area contributed by atoms with Crippen molar-refractivity contribution in [2.45, 2.75) is 25.3 Å². The Morgan fingerprint density at radius 1 is 1.21 bits per heavy atom. The van der Waals surface area contributed by atoms with Gasteiger partial charge in [0, 0.05) is 18.9 Å². The number of nitrogens with one attached hydrogen (secondary N) is 1. The summed E-state index contributed by atoms with van der Waals surface area (Å²) in [4.78, 5) is 18.6. The van der Waals surface area contributed by atoms with Crippen molar-refractivity contribution in [2.75, 3.05) is 19.6 Å². The van der Waals surface area contributed by atoms with Crippen LogP contribution < -0.4 is 5.32 Å². The van der Waals surface area contributed by atoms with E-state index in [1.54, 1.807) is 12.4 Å². The summed E-state index contributed by atoms with van der Waals surface area (Å²) >= 11 is 0. The second-order valence-corrected chi connectivity index (χ2v) is 6.15. The molecule has 5 heteroatoms. The fourth-order valence-electron chi connectivity index (χ4n) is 3.16. The topological polar surface area (TPSA) is 45.2 Å². The maximum absolute atomic E-state index is 13.2. The van der Waals surface area contributed by atoms with Crippen LogP contribution in [0.4, 0.5) is 4.39 Å². The van der Waals surface area contributed by atoms with E-state index in [2.05, 4.69) is 15.2 Å². The number of nitrogens with zero attached hydrogens (tertiary/aromatic N) is 2. The summed E-state index contributed by atoms with van der Waals surface area (Å²) in [6, 6.07) is 10.4. The molecule has 24 heavy (non-hydrogen) atoms. The Labute approximate surface area is 141 Å². The minimum absolute atomic E-state index is 0.0192. The SMILES string of the molecule is O=C(Cc1cccnc1)NC[C@H](c1ccc(F)cc1)N1CCCC1. The van der Waals surface area contributed by atoms with Crippen molar-refractivity contribution in [1.82, 2.24) is 15.2 Å². The van der Waals surface area contributed by atoms with Crippen LogP contribution >= 0.6 is 0 Å². The van der Waals surface area contributed by atoms with Gasteiger partial charge in [-0.3, -0.25) is 14.7 Å². The van der Waals surface area contributed by atoms with Crippen molar-refractivity contribution >= 4 is 5.91 Å². The molecule has 1 fully saturated rings. The fraction of sp³-hybridized carbons (Fsp3) is 0.368. The summed E-state index contributed by atoms with van der Waals surface area (Å²) in [6.45, 7) is 2.56. The molecule has 126 valence electrons. The normalized spacial score (nSPS) is 16.0. The van der Waals surface area contributed by atoms with Gasteiger partial charge in [-0.25, -0.2) is 4.39 Å². The standard InChI is InChI=1S/C19H22FN3O/c20-17-7-5-16(6-8-17)18(23-10-1-2-11-23)14-22-19(24)12-15-4-3-9-21-13-15/h3-9,13,18H,1-2,10-12,14H2,(H,22,24)/t18-/m1/s1. The highest BCUT2D eigenvalue weighted by atomic mass is 19.1. The number of hydrogen-bond acceptors (Lipinski definition) is 3. The van der Waals surface area contributed by atoms with Gasteiger partial charge >= 0.3 is 0 Å². The van der Waals surface area contributed by atoms with Gasteiger partial charge in [-0.05, 0) is 55.3 Å². The van der Waals surface area contributed by atoms with Crippen LogP contribution in [0.5, 0.6) is 0 Å². The molecule has 0 unspecified atom stereocenters. The Bertz CT molecular complexity index is 654. The van der Waals surface area contributed by atoms with Gasteiger partial charge in [0.25, 0.3) is 0 Å². The van der Waals surface area contributed by atoms with Crippen molar-refractivity contribution in [1.29, 1.82) is 0 Å². The van der Waals surface area contributed by atoms with Crippen LogP contribution in [0.2, 0.25) is 0 Å². The molecule has 1 saturated heterocycles. The van der Waals surface area contributed by atoms with E-state index >= 15 is 0 Å². The molecule has 0 radical (unpaired) electrons. The van der Waals surface area contributed by atoms with Gasteiger partial charge in [-0.15, -0.1) is 0 Å². The zero-order valence-corrected chi connectivity index (χ0v) is 13.6. The molecular formula is C19H22FN3O. The van der Waals surface area contributed by atoms with Crippen molar-refractivity contribution in [3.8, 4) is 0 Å². The van der Waals surface area contributed by atoms with E-state index in [0.29, 0.717) is 13.0 Å². The monoisotopic (exact) mass is 327 g/mol. The summed E-state index contributed by atoms with van der Waals surface area (Å²) in [7, 11) is 0. The lowest BCUT2D eigenvalue weighted by Gasteiger charge is -2.28. The largest absolute Gasteiger partial charge is 0.354 e. The molecule has 3 rings (SSSR count). The van der Waals surface area contributed by atoms with Gasteiger partial charge < -0.3 is 5.32 Å². The maximum atomic E-state index is 13.2. The molecule has 0 saturated carbocycles. The first-order chi connectivity index (χ1) is 11.7. The summed E-state index contributed by atoms with van der Waals surface area (Å²) in [5.74, 6) is -0.256. The van der Waals surface area contributed by atoms with Crippen LogP contribution in [0.15, 0.2) is 48.8 Å². The second kappa shape index (κ2) is 8.02. The lowest BCUT2D eigenvalue weighted by molar-refractivity contribution is -0.120. The van der Waals surface area contributed by atoms with Crippen LogP contribution in [-0.4, -0.2) is 35.4 Å². The average molecular weight is 327 g/mol. The lowest BCUT2D eigenvalue weighted by atomic mass is 10.1. The average Bonchev–Trinajstić information content (AvgIpc) is 3.12. The zero-order valence-electron chi connectivity index (χ0n) is 13.6. The number of carbonyl (C=O) groups is 1. The molecule has 0 aliphatic carbocycles. The van der Waals surface area contributed by atoms with Crippen molar-refractivity contribution < 1.29 is 9.18 Å². The van der Waals surface area contributed by atoms with E-state index in [-0.39, 0.29) is 17.8 Å². The predicted molar refractivity (Wildman–Crippen MR) is 90.9 cm³/mol. The molecular weight excluding hydrogens is 305 g/mol. The first-order valence-corrected chi connectivity index (χ1v) is 8.37. The summed E-state index contributed by atoms with van der Waals surface area (Å²) in [5, 5.41) is 3.02. The highest BCUT2D eigenvalue weighted by Crippen LogP contribution is 2.24. The van der Waals surface area contributed by atoms with E-state index in [9.17, 15) is 9.18 Å². The Morgan fingerprint density at radius 2 is 1.96 bits per heavy atom. The fourth-order valence-corrected chi connectivity index (χ4v) is 3.16. The Hall–Kier alpha value is -2.27. The third-order valence-corrected chi connectivity index (χ3v) is 4.42. The molecule has 1 aliphatic rings. The first kappa shape index (κ1) is 16.6. The molecule has 1 aromatic carbocycles. The molecule has 0 spiro atoms. The second-order valence-electron chi connectivity index (χ2n) is 6.15. The minimum Gasteiger partial charge on any atom is -0.354 e. The molecule has 4 nitrogen and oxygen atoms in total. The molecule has 1 amide bonds. The van der Waals surface area contributed by atoms with Crippen molar-refractivity contribution in [3.63, 3.8) is 0 Å². The van der Waals surface area contributed by atoms with Crippen LogP contribution in [0.1, 0.15) is 30.0 Å². The number of aromatic nitrogens is 1. The highest BCUT2D eigenvalue weighted by molar-refractivity contribution is 5.78. The number of amides is 1. The summed E-state index contributed by atoms with van der Waals surface area (Å²) < 4.78 is 13.2. The van der Waals surface area contributed by atoms with E-state index in [1.807, 2.05) is 24.3 Å². The molecule has 1 aromatic heterocycles. The smallest absolute Gasteiger partial charge is 0.224 e. The van der Waals surface area contributed by atoms with Gasteiger partial charge in [0.05, 0.1) is 12.5 Å².